The number of rotatable bonds is 2. The maximum atomic E-state index is 6.35. The summed E-state index contributed by atoms with van der Waals surface area (Å²) in [4.78, 5) is 9.10. The third kappa shape index (κ3) is 2.49. The predicted octanol–water partition coefficient (Wildman–Crippen LogP) is 4.76. The molecule has 0 saturated carbocycles. The average molecular weight is 383 g/mol. The molecule has 0 radical (unpaired) electrons. The van der Waals surface area contributed by atoms with E-state index in [0.29, 0.717) is 0 Å². The molecule has 6 rings (SSSR count). The summed E-state index contributed by atoms with van der Waals surface area (Å²) in [6, 6.07) is 8.41. The second kappa shape index (κ2) is 5.98. The van der Waals surface area contributed by atoms with Crippen molar-refractivity contribution in [2.24, 2.45) is 0 Å². The van der Waals surface area contributed by atoms with Crippen LogP contribution in [0.3, 0.4) is 0 Å². The van der Waals surface area contributed by atoms with Crippen LogP contribution in [0.4, 0.5) is 5.69 Å². The lowest BCUT2D eigenvalue weighted by atomic mass is 9.95. The van der Waals surface area contributed by atoms with Crippen LogP contribution in [0, 0.1) is 13.8 Å². The van der Waals surface area contributed by atoms with Crippen molar-refractivity contribution in [1.29, 1.82) is 0 Å². The van der Waals surface area contributed by atoms with Gasteiger partial charge in [0.05, 0.1) is 6.67 Å². The number of nitrogens with zero attached hydrogens (tertiary/aromatic N) is 4. The summed E-state index contributed by atoms with van der Waals surface area (Å²) in [5, 5.41) is 3.48. The molecule has 0 unspecified atom stereocenters. The van der Waals surface area contributed by atoms with Gasteiger partial charge in [0.2, 0.25) is 0 Å². The topological polar surface area (TPSA) is 56.9 Å². The third-order valence-corrected chi connectivity index (χ3v) is 5.93. The monoisotopic (exact) mass is 383 g/mol. The van der Waals surface area contributed by atoms with Crippen molar-refractivity contribution in [3.05, 3.63) is 65.7 Å². The van der Waals surface area contributed by atoms with E-state index in [1.54, 1.807) is 0 Å². The molecule has 4 heterocycles. The summed E-state index contributed by atoms with van der Waals surface area (Å²) in [6.45, 7) is 5.97. The molecule has 2 aliphatic heterocycles. The Bertz CT molecular complexity index is 1170. The second-order valence-corrected chi connectivity index (χ2v) is 7.78. The van der Waals surface area contributed by atoms with Gasteiger partial charge in [0.1, 0.15) is 23.1 Å². The van der Waals surface area contributed by atoms with E-state index in [4.69, 9.17) is 4.74 Å². The van der Waals surface area contributed by atoms with E-state index in [-0.39, 0.29) is 0 Å². The Morgan fingerprint density at radius 1 is 0.862 bits per heavy atom. The van der Waals surface area contributed by atoms with Gasteiger partial charge in [-0.15, -0.1) is 0 Å². The number of hydrogen-bond donors (Lipinski definition) is 1. The molecule has 0 amide bonds. The molecule has 4 aromatic rings. The first kappa shape index (κ1) is 16.4. The summed E-state index contributed by atoms with van der Waals surface area (Å²) in [7, 11) is 0. The van der Waals surface area contributed by atoms with Crippen LogP contribution in [0.15, 0.2) is 49.1 Å². The number of fused-ring (bicyclic) bond motifs is 6. The molecule has 0 fully saturated rings. The Morgan fingerprint density at radius 3 is 2.38 bits per heavy atom. The van der Waals surface area contributed by atoms with Crippen LogP contribution in [0.5, 0.6) is 11.5 Å². The molecule has 0 saturated heterocycles. The van der Waals surface area contributed by atoms with Crippen LogP contribution in [-0.4, -0.2) is 19.1 Å². The minimum atomic E-state index is 0.736. The Morgan fingerprint density at radius 2 is 1.55 bits per heavy atom. The molecular weight excluding hydrogens is 362 g/mol. The molecule has 2 aliphatic rings. The van der Waals surface area contributed by atoms with Gasteiger partial charge in [-0.25, -0.2) is 9.97 Å². The standard InChI is InChI=1S/C23H21N5O/c1-14-9-16(11-19-18(14)3-6-27-7-4-24-22(19)27)29-17-10-15(2)21-20(12-17)23-25-5-8-28(23)13-26-21/h4-5,7-12,26H,3,6,13H2,1-2H3. The summed E-state index contributed by atoms with van der Waals surface area (Å²) >= 11 is 0. The van der Waals surface area contributed by atoms with Crippen LogP contribution in [0.25, 0.3) is 22.8 Å². The zero-order valence-electron chi connectivity index (χ0n) is 16.4. The minimum absolute atomic E-state index is 0.736. The molecule has 0 aliphatic carbocycles. The van der Waals surface area contributed by atoms with Crippen molar-refractivity contribution < 1.29 is 4.74 Å². The molecule has 0 atom stereocenters. The molecule has 29 heavy (non-hydrogen) atoms. The van der Waals surface area contributed by atoms with E-state index in [1.165, 1.54) is 16.7 Å². The van der Waals surface area contributed by atoms with Gasteiger partial charge in [0.15, 0.2) is 0 Å². The van der Waals surface area contributed by atoms with Crippen molar-refractivity contribution in [1.82, 2.24) is 19.1 Å². The molecule has 2 aromatic heterocycles. The van der Waals surface area contributed by atoms with Crippen molar-refractivity contribution in [2.45, 2.75) is 33.5 Å². The fourth-order valence-electron chi connectivity index (χ4n) is 4.55. The fourth-order valence-corrected chi connectivity index (χ4v) is 4.55. The maximum Gasteiger partial charge on any atom is 0.143 e. The number of hydrogen-bond acceptors (Lipinski definition) is 4. The molecule has 2 aromatic carbocycles. The Labute approximate surface area is 168 Å². The first-order valence-corrected chi connectivity index (χ1v) is 9.90. The molecule has 0 bridgehead atoms. The summed E-state index contributed by atoms with van der Waals surface area (Å²) < 4.78 is 10.7. The van der Waals surface area contributed by atoms with Gasteiger partial charge in [0, 0.05) is 48.1 Å². The van der Waals surface area contributed by atoms with Gasteiger partial charge in [-0.2, -0.15) is 0 Å². The van der Waals surface area contributed by atoms with Gasteiger partial charge < -0.3 is 19.2 Å². The van der Waals surface area contributed by atoms with E-state index in [1.807, 2.05) is 24.8 Å². The largest absolute Gasteiger partial charge is 0.457 e. The zero-order valence-corrected chi connectivity index (χ0v) is 16.4. The zero-order chi connectivity index (χ0) is 19.5. The normalized spacial score (nSPS) is 13.7. The van der Waals surface area contributed by atoms with Crippen molar-refractivity contribution in [2.75, 3.05) is 5.32 Å². The van der Waals surface area contributed by atoms with E-state index in [0.717, 1.165) is 59.6 Å². The van der Waals surface area contributed by atoms with Crippen LogP contribution >= 0.6 is 0 Å². The highest BCUT2D eigenvalue weighted by atomic mass is 16.5. The number of aryl methyl sites for hydroxylation is 3. The summed E-state index contributed by atoms with van der Waals surface area (Å²) in [5.74, 6) is 3.64. The van der Waals surface area contributed by atoms with Gasteiger partial charge >= 0.3 is 0 Å². The van der Waals surface area contributed by atoms with Crippen LogP contribution in [0.1, 0.15) is 16.7 Å². The lowest BCUT2D eigenvalue weighted by Gasteiger charge is -2.23. The van der Waals surface area contributed by atoms with E-state index < -0.39 is 0 Å². The van der Waals surface area contributed by atoms with Crippen molar-refractivity contribution in [3.8, 4) is 34.3 Å². The predicted molar refractivity (Wildman–Crippen MR) is 112 cm³/mol. The number of nitrogens with one attached hydrogen (secondary N) is 1. The van der Waals surface area contributed by atoms with Crippen molar-refractivity contribution in [3.63, 3.8) is 0 Å². The Balaban J connectivity index is 1.42. The number of ether oxygens (including phenoxy) is 1. The highest BCUT2D eigenvalue weighted by Crippen LogP contribution is 2.40. The van der Waals surface area contributed by atoms with E-state index >= 15 is 0 Å². The second-order valence-electron chi connectivity index (χ2n) is 7.78. The number of aromatic nitrogens is 4. The quantitative estimate of drug-likeness (QED) is 0.542. The molecule has 0 spiro atoms. The Kier molecular flexibility index (Phi) is 3.38. The average Bonchev–Trinajstić information content (AvgIpc) is 3.37. The van der Waals surface area contributed by atoms with Crippen LogP contribution < -0.4 is 10.1 Å². The molecule has 6 nitrogen and oxygen atoms in total. The van der Waals surface area contributed by atoms with Gasteiger partial charge in [-0.05, 0) is 61.2 Å². The smallest absolute Gasteiger partial charge is 0.143 e. The highest BCUT2D eigenvalue weighted by molar-refractivity contribution is 5.80. The summed E-state index contributed by atoms with van der Waals surface area (Å²) in [5.41, 5.74) is 7.13. The van der Waals surface area contributed by atoms with Crippen LogP contribution in [-0.2, 0) is 19.6 Å². The number of imidazole rings is 2. The SMILES string of the molecule is Cc1cc(Oc2cc(C)c3c(c2)-c2nccn2CN3)cc2c1CCn1ccnc1-2. The lowest BCUT2D eigenvalue weighted by Crippen LogP contribution is -2.16. The van der Waals surface area contributed by atoms with E-state index in [2.05, 4.69) is 62.5 Å². The molecule has 6 heteroatoms. The third-order valence-electron chi connectivity index (χ3n) is 5.93. The highest BCUT2D eigenvalue weighted by Gasteiger charge is 2.22. The van der Waals surface area contributed by atoms with Crippen LogP contribution in [0.2, 0.25) is 0 Å². The number of benzene rings is 2. The van der Waals surface area contributed by atoms with Crippen molar-refractivity contribution >= 4 is 5.69 Å². The Hall–Kier alpha value is -3.54. The lowest BCUT2D eigenvalue weighted by molar-refractivity contribution is 0.481. The first-order chi connectivity index (χ1) is 14.2. The van der Waals surface area contributed by atoms with Gasteiger partial charge in [-0.3, -0.25) is 0 Å². The first-order valence-electron chi connectivity index (χ1n) is 9.90. The maximum absolute atomic E-state index is 6.35. The van der Waals surface area contributed by atoms with Gasteiger partial charge in [0.25, 0.3) is 0 Å². The molecule has 1 N–H and O–H groups in total. The fraction of sp³-hybridized carbons (Fsp3) is 0.217. The molecule has 144 valence electrons. The number of anilines is 1. The van der Waals surface area contributed by atoms with Gasteiger partial charge in [-0.1, -0.05) is 0 Å². The summed E-state index contributed by atoms with van der Waals surface area (Å²) in [6.07, 6.45) is 8.77. The minimum Gasteiger partial charge on any atom is -0.457 e. The van der Waals surface area contributed by atoms with E-state index in [9.17, 15) is 0 Å². The molecular formula is C23H21N5O.